The number of ether oxygens (including phenoxy) is 1. The quantitative estimate of drug-likeness (QED) is 0.305. The van der Waals surface area contributed by atoms with Crippen LogP contribution in [0.2, 0.25) is 0 Å². The summed E-state index contributed by atoms with van der Waals surface area (Å²) in [5, 5.41) is 0. The molecule has 0 unspecified atom stereocenters. The SMILES string of the molecule is C=C(C)C(=O)OCc1nc(-c2ccccc2)c(-c2ccccc2)n1-c1ccccc1. The molecular formula is C26H22N2O2. The molecule has 0 amide bonds. The van der Waals surface area contributed by atoms with Crippen LogP contribution in [0, 0.1) is 0 Å². The first-order chi connectivity index (χ1) is 14.6. The molecular weight excluding hydrogens is 372 g/mol. The van der Waals surface area contributed by atoms with Gasteiger partial charge in [-0.3, -0.25) is 4.57 Å². The minimum Gasteiger partial charge on any atom is -0.454 e. The van der Waals surface area contributed by atoms with Gasteiger partial charge in [-0.05, 0) is 19.1 Å². The van der Waals surface area contributed by atoms with Gasteiger partial charge in [0, 0.05) is 22.4 Å². The summed E-state index contributed by atoms with van der Waals surface area (Å²) in [5.74, 6) is 0.216. The van der Waals surface area contributed by atoms with Crippen LogP contribution in [0.1, 0.15) is 12.7 Å². The van der Waals surface area contributed by atoms with Gasteiger partial charge >= 0.3 is 5.97 Å². The first kappa shape index (κ1) is 19.4. The summed E-state index contributed by atoms with van der Waals surface area (Å²) in [6.07, 6.45) is 0. The van der Waals surface area contributed by atoms with Crippen molar-refractivity contribution < 1.29 is 9.53 Å². The molecule has 0 bridgehead atoms. The Hall–Kier alpha value is -3.92. The molecule has 3 aromatic carbocycles. The molecule has 0 saturated carbocycles. The molecule has 4 aromatic rings. The Bertz CT molecular complexity index is 1160. The number of imidazole rings is 1. The molecule has 4 heteroatoms. The van der Waals surface area contributed by atoms with Gasteiger partial charge in [-0.2, -0.15) is 0 Å². The molecule has 30 heavy (non-hydrogen) atoms. The van der Waals surface area contributed by atoms with Gasteiger partial charge in [0.2, 0.25) is 0 Å². The zero-order valence-electron chi connectivity index (χ0n) is 16.8. The van der Waals surface area contributed by atoms with Gasteiger partial charge in [0.15, 0.2) is 5.82 Å². The lowest BCUT2D eigenvalue weighted by Crippen LogP contribution is -2.09. The zero-order chi connectivity index (χ0) is 20.9. The molecule has 4 rings (SSSR count). The van der Waals surface area contributed by atoms with E-state index in [2.05, 4.69) is 23.3 Å². The highest BCUT2D eigenvalue weighted by Crippen LogP contribution is 2.35. The fourth-order valence-corrected chi connectivity index (χ4v) is 3.33. The Morgan fingerprint density at radius 1 is 0.867 bits per heavy atom. The minimum atomic E-state index is -0.430. The summed E-state index contributed by atoms with van der Waals surface area (Å²) < 4.78 is 7.53. The van der Waals surface area contributed by atoms with E-state index < -0.39 is 5.97 Å². The van der Waals surface area contributed by atoms with E-state index in [-0.39, 0.29) is 6.61 Å². The number of rotatable bonds is 6. The van der Waals surface area contributed by atoms with Gasteiger partial charge in [-0.15, -0.1) is 0 Å². The first-order valence-corrected chi connectivity index (χ1v) is 9.75. The van der Waals surface area contributed by atoms with Crippen LogP contribution in [0.4, 0.5) is 0 Å². The summed E-state index contributed by atoms with van der Waals surface area (Å²) in [4.78, 5) is 17.0. The maximum absolute atomic E-state index is 12.0. The lowest BCUT2D eigenvalue weighted by Gasteiger charge is -2.13. The summed E-state index contributed by atoms with van der Waals surface area (Å²) in [5.41, 5.74) is 5.14. The van der Waals surface area contributed by atoms with E-state index >= 15 is 0 Å². The number of hydrogen-bond acceptors (Lipinski definition) is 3. The third-order valence-corrected chi connectivity index (χ3v) is 4.74. The number of esters is 1. The number of carbonyl (C=O) groups is 1. The third kappa shape index (κ3) is 3.94. The monoisotopic (exact) mass is 394 g/mol. The van der Waals surface area contributed by atoms with E-state index in [1.165, 1.54) is 0 Å². The van der Waals surface area contributed by atoms with Crippen molar-refractivity contribution >= 4 is 5.97 Å². The second-order valence-corrected chi connectivity index (χ2v) is 6.98. The number of benzene rings is 3. The van der Waals surface area contributed by atoms with Crippen LogP contribution in [0.25, 0.3) is 28.2 Å². The highest BCUT2D eigenvalue weighted by atomic mass is 16.5. The van der Waals surface area contributed by atoms with Crippen molar-refractivity contribution in [2.24, 2.45) is 0 Å². The van der Waals surface area contributed by atoms with Crippen molar-refractivity contribution in [3.05, 3.63) is 109 Å². The van der Waals surface area contributed by atoms with Crippen LogP contribution in [-0.2, 0) is 16.1 Å². The maximum Gasteiger partial charge on any atom is 0.333 e. The lowest BCUT2D eigenvalue weighted by molar-refractivity contribution is -0.140. The fraction of sp³-hybridized carbons (Fsp3) is 0.0769. The van der Waals surface area contributed by atoms with Gasteiger partial charge in [-0.1, -0.05) is 85.4 Å². The molecule has 0 spiro atoms. The molecule has 0 aliphatic carbocycles. The Morgan fingerprint density at radius 3 is 1.97 bits per heavy atom. The van der Waals surface area contributed by atoms with E-state index in [1.807, 2.05) is 78.9 Å². The molecule has 1 aromatic heterocycles. The lowest BCUT2D eigenvalue weighted by atomic mass is 10.0. The number of carbonyl (C=O) groups excluding carboxylic acids is 1. The Kier molecular flexibility index (Phi) is 5.57. The largest absolute Gasteiger partial charge is 0.454 e. The second-order valence-electron chi connectivity index (χ2n) is 6.98. The number of para-hydroxylation sites is 1. The Morgan fingerprint density at radius 2 is 1.40 bits per heavy atom. The summed E-state index contributed by atoms with van der Waals surface area (Å²) in [6.45, 7) is 5.35. The van der Waals surface area contributed by atoms with Gasteiger partial charge in [0.1, 0.15) is 6.61 Å². The van der Waals surface area contributed by atoms with Crippen molar-refractivity contribution in [3.8, 4) is 28.2 Å². The van der Waals surface area contributed by atoms with Crippen LogP contribution in [0.3, 0.4) is 0 Å². The second kappa shape index (κ2) is 8.62. The van der Waals surface area contributed by atoms with E-state index in [0.29, 0.717) is 11.4 Å². The smallest absolute Gasteiger partial charge is 0.333 e. The molecule has 4 nitrogen and oxygen atoms in total. The highest BCUT2D eigenvalue weighted by molar-refractivity contribution is 5.87. The number of aromatic nitrogens is 2. The number of nitrogens with zero attached hydrogens (tertiary/aromatic N) is 2. The van der Waals surface area contributed by atoms with Crippen molar-refractivity contribution in [2.75, 3.05) is 0 Å². The van der Waals surface area contributed by atoms with E-state index in [4.69, 9.17) is 9.72 Å². The summed E-state index contributed by atoms with van der Waals surface area (Å²) >= 11 is 0. The maximum atomic E-state index is 12.0. The van der Waals surface area contributed by atoms with E-state index in [0.717, 1.165) is 28.2 Å². The molecule has 0 saturated heterocycles. The summed E-state index contributed by atoms with van der Waals surface area (Å²) in [7, 11) is 0. The van der Waals surface area contributed by atoms with Gasteiger partial charge in [0.05, 0.1) is 11.4 Å². The molecule has 0 fully saturated rings. The van der Waals surface area contributed by atoms with Gasteiger partial charge in [-0.25, -0.2) is 9.78 Å². The van der Waals surface area contributed by atoms with Crippen LogP contribution in [0.15, 0.2) is 103 Å². The highest BCUT2D eigenvalue weighted by Gasteiger charge is 2.22. The van der Waals surface area contributed by atoms with Crippen molar-refractivity contribution in [1.82, 2.24) is 9.55 Å². The third-order valence-electron chi connectivity index (χ3n) is 4.74. The molecule has 0 radical (unpaired) electrons. The number of hydrogen-bond donors (Lipinski definition) is 0. The average Bonchev–Trinajstić information content (AvgIpc) is 3.18. The predicted molar refractivity (Wildman–Crippen MR) is 119 cm³/mol. The van der Waals surface area contributed by atoms with Crippen LogP contribution in [0.5, 0.6) is 0 Å². The molecule has 0 N–H and O–H groups in total. The predicted octanol–water partition coefficient (Wildman–Crippen LogP) is 5.83. The van der Waals surface area contributed by atoms with Crippen LogP contribution in [-0.4, -0.2) is 15.5 Å². The average molecular weight is 394 g/mol. The molecule has 0 aliphatic heterocycles. The van der Waals surface area contributed by atoms with Crippen molar-refractivity contribution in [3.63, 3.8) is 0 Å². The van der Waals surface area contributed by atoms with E-state index in [1.54, 1.807) is 6.92 Å². The fourth-order valence-electron chi connectivity index (χ4n) is 3.33. The van der Waals surface area contributed by atoms with Crippen LogP contribution >= 0.6 is 0 Å². The van der Waals surface area contributed by atoms with Crippen LogP contribution < -0.4 is 0 Å². The Balaban J connectivity index is 1.95. The molecule has 0 atom stereocenters. The molecule has 148 valence electrons. The zero-order valence-corrected chi connectivity index (χ0v) is 16.8. The summed E-state index contributed by atoms with van der Waals surface area (Å²) in [6, 6.07) is 30.1. The standard InChI is InChI=1S/C26H22N2O2/c1-19(2)26(29)30-18-23-27-24(20-12-6-3-7-13-20)25(21-14-8-4-9-15-21)28(23)22-16-10-5-11-17-22/h3-17H,1,18H2,2H3. The van der Waals surface area contributed by atoms with Crippen molar-refractivity contribution in [2.45, 2.75) is 13.5 Å². The normalized spacial score (nSPS) is 10.6. The van der Waals surface area contributed by atoms with Gasteiger partial charge in [0.25, 0.3) is 0 Å². The minimum absolute atomic E-state index is 0.0489. The first-order valence-electron chi connectivity index (χ1n) is 9.75. The topological polar surface area (TPSA) is 44.1 Å². The molecule has 1 heterocycles. The Labute approximate surface area is 176 Å². The molecule has 0 aliphatic rings. The van der Waals surface area contributed by atoms with Gasteiger partial charge < -0.3 is 4.74 Å². The van der Waals surface area contributed by atoms with E-state index in [9.17, 15) is 4.79 Å². The van der Waals surface area contributed by atoms with Crippen molar-refractivity contribution in [1.29, 1.82) is 0 Å².